The molecular weight excluding hydrogens is 323 g/mol. The fourth-order valence-corrected chi connectivity index (χ4v) is 1.39. The van der Waals surface area contributed by atoms with Crippen LogP contribution in [-0.4, -0.2) is 0 Å². The van der Waals surface area contributed by atoms with Crippen LogP contribution in [0.2, 0.25) is 0 Å². The van der Waals surface area contributed by atoms with E-state index in [1.54, 1.807) is 0 Å². The molecule has 0 unspecified atom stereocenters. The Morgan fingerprint density at radius 1 is 1.00 bits per heavy atom. The lowest BCUT2D eigenvalue weighted by molar-refractivity contribution is -0.671. The van der Waals surface area contributed by atoms with Crippen molar-refractivity contribution in [1.29, 1.82) is 0 Å². The highest BCUT2D eigenvalue weighted by atomic mass is 127. The van der Waals surface area contributed by atoms with Crippen LogP contribution in [0.1, 0.15) is 5.56 Å². The predicted octanol–water partition coefficient (Wildman–Crippen LogP) is -0.402. The molecule has 0 radical (unpaired) electrons. The molecule has 0 amide bonds. The molecule has 0 aliphatic carbocycles. The maximum atomic E-state index is 3.22. The van der Waals surface area contributed by atoms with E-state index in [2.05, 4.69) is 17.4 Å². The van der Waals surface area contributed by atoms with Crippen LogP contribution in [0.25, 0.3) is 6.08 Å². The van der Waals surface area contributed by atoms with Gasteiger partial charge in [-0.2, -0.15) is 0 Å². The van der Waals surface area contributed by atoms with Crippen molar-refractivity contribution >= 4 is 11.8 Å². The van der Waals surface area contributed by atoms with Crippen molar-refractivity contribution in [3.63, 3.8) is 0 Å². The van der Waals surface area contributed by atoms with Gasteiger partial charge < -0.3 is 29.3 Å². The third-order valence-electron chi connectivity index (χ3n) is 2.30. The summed E-state index contributed by atoms with van der Waals surface area (Å²) < 4.78 is 2.02. The molecule has 0 atom stereocenters. The number of halogens is 1. The molecule has 2 aromatic rings. The first-order chi connectivity index (χ1) is 7.84. The molecule has 2 nitrogen and oxygen atoms in total. The second-order valence-electron chi connectivity index (χ2n) is 3.64. The van der Waals surface area contributed by atoms with E-state index in [1.165, 1.54) is 5.56 Å². The summed E-state index contributed by atoms with van der Waals surface area (Å²) in [6, 6.07) is 14.3. The van der Waals surface area contributed by atoms with E-state index in [0.717, 1.165) is 5.69 Å². The van der Waals surface area contributed by atoms with Gasteiger partial charge >= 0.3 is 0 Å². The molecule has 0 saturated carbocycles. The number of hydrogen-bond donors (Lipinski definition) is 1. The monoisotopic (exact) mass is 338 g/mol. The minimum atomic E-state index is 0. The Balaban J connectivity index is 0.00000144. The number of hydrogen-bond acceptors (Lipinski definition) is 1. The molecule has 1 aromatic carbocycles. The van der Waals surface area contributed by atoms with Gasteiger partial charge in [0.25, 0.3) is 0 Å². The summed E-state index contributed by atoms with van der Waals surface area (Å²) in [5.41, 5.74) is 2.28. The van der Waals surface area contributed by atoms with Gasteiger partial charge in [-0.15, -0.1) is 0 Å². The van der Waals surface area contributed by atoms with Crippen molar-refractivity contribution in [1.82, 2.24) is 0 Å². The number of aryl methyl sites for hydroxylation is 1. The first-order valence-corrected chi connectivity index (χ1v) is 5.28. The van der Waals surface area contributed by atoms with Crippen LogP contribution in [-0.2, 0) is 7.05 Å². The van der Waals surface area contributed by atoms with Gasteiger partial charge in [-0.25, -0.2) is 4.57 Å². The van der Waals surface area contributed by atoms with Crippen molar-refractivity contribution < 1.29 is 28.5 Å². The normalized spacial score (nSPS) is 9.94. The van der Waals surface area contributed by atoms with Crippen LogP contribution >= 0.6 is 0 Å². The Kier molecular flexibility index (Phi) is 5.69. The number of aromatic nitrogens is 1. The lowest BCUT2D eigenvalue weighted by atomic mass is 10.2. The van der Waals surface area contributed by atoms with Gasteiger partial charge in [-0.05, 0) is 23.8 Å². The number of rotatable bonds is 3. The van der Waals surface area contributed by atoms with Gasteiger partial charge in [0.1, 0.15) is 7.05 Å². The standard InChI is InChI=1S/C14H14N2.HI/c1-16-11-8-13(9-12-16)7-10-15-14-5-3-2-4-6-14;/h2-12H,1H3;1H. The Hall–Kier alpha value is -1.36. The second-order valence-corrected chi connectivity index (χ2v) is 3.64. The van der Waals surface area contributed by atoms with E-state index < -0.39 is 0 Å². The molecule has 0 saturated heterocycles. The Morgan fingerprint density at radius 2 is 1.65 bits per heavy atom. The van der Waals surface area contributed by atoms with Gasteiger partial charge in [-0.3, -0.25) is 0 Å². The van der Waals surface area contributed by atoms with Gasteiger partial charge in [0, 0.05) is 24.0 Å². The van der Waals surface area contributed by atoms with Gasteiger partial charge in [0.2, 0.25) is 0 Å². The number of para-hydroxylation sites is 1. The van der Waals surface area contributed by atoms with Gasteiger partial charge in [-0.1, -0.05) is 18.2 Å². The molecule has 0 spiro atoms. The summed E-state index contributed by atoms with van der Waals surface area (Å²) in [5.74, 6) is 0. The lowest BCUT2D eigenvalue weighted by Crippen LogP contribution is -3.00. The number of nitrogens with zero attached hydrogens (tertiary/aromatic N) is 1. The minimum Gasteiger partial charge on any atom is -1.00 e. The summed E-state index contributed by atoms with van der Waals surface area (Å²) in [6.07, 6.45) is 8.06. The van der Waals surface area contributed by atoms with Crippen molar-refractivity contribution in [2.45, 2.75) is 0 Å². The quantitative estimate of drug-likeness (QED) is 0.595. The average molecular weight is 338 g/mol. The summed E-state index contributed by atoms with van der Waals surface area (Å²) in [5, 5.41) is 3.22. The molecule has 88 valence electrons. The van der Waals surface area contributed by atoms with E-state index in [4.69, 9.17) is 0 Å². The molecular formula is C14H15IN2. The van der Waals surface area contributed by atoms with E-state index in [-0.39, 0.29) is 24.0 Å². The maximum Gasteiger partial charge on any atom is 0.169 e. The first kappa shape index (κ1) is 13.7. The number of nitrogens with one attached hydrogen (secondary N) is 1. The molecule has 1 heterocycles. The highest BCUT2D eigenvalue weighted by molar-refractivity contribution is 5.54. The Morgan fingerprint density at radius 3 is 2.29 bits per heavy atom. The number of pyridine rings is 1. The molecule has 1 aromatic heterocycles. The highest BCUT2D eigenvalue weighted by Gasteiger charge is 1.90. The van der Waals surface area contributed by atoms with Crippen LogP contribution in [0.4, 0.5) is 5.69 Å². The first-order valence-electron chi connectivity index (χ1n) is 5.28. The van der Waals surface area contributed by atoms with E-state index in [9.17, 15) is 0 Å². The van der Waals surface area contributed by atoms with E-state index >= 15 is 0 Å². The lowest BCUT2D eigenvalue weighted by Gasteiger charge is -1.98. The van der Waals surface area contributed by atoms with Gasteiger partial charge in [0.15, 0.2) is 12.4 Å². The molecule has 0 bridgehead atoms. The van der Waals surface area contributed by atoms with Crippen LogP contribution in [0.3, 0.4) is 0 Å². The van der Waals surface area contributed by atoms with Crippen LogP contribution in [0.5, 0.6) is 0 Å². The molecule has 17 heavy (non-hydrogen) atoms. The zero-order valence-electron chi connectivity index (χ0n) is 9.68. The van der Waals surface area contributed by atoms with Gasteiger partial charge in [0.05, 0.1) is 0 Å². The predicted molar refractivity (Wildman–Crippen MR) is 66.7 cm³/mol. The van der Waals surface area contributed by atoms with Crippen molar-refractivity contribution in [2.75, 3.05) is 5.32 Å². The smallest absolute Gasteiger partial charge is 0.169 e. The third-order valence-corrected chi connectivity index (χ3v) is 2.30. The van der Waals surface area contributed by atoms with Crippen LogP contribution < -0.4 is 33.9 Å². The third kappa shape index (κ3) is 4.56. The van der Waals surface area contributed by atoms with Crippen LogP contribution in [0.15, 0.2) is 61.1 Å². The summed E-state index contributed by atoms with van der Waals surface area (Å²) >= 11 is 0. The zero-order valence-corrected chi connectivity index (χ0v) is 11.8. The molecule has 0 aliphatic heterocycles. The minimum absolute atomic E-state index is 0. The highest BCUT2D eigenvalue weighted by Crippen LogP contribution is 2.05. The molecule has 0 fully saturated rings. The second kappa shape index (κ2) is 7.06. The summed E-state index contributed by atoms with van der Waals surface area (Å²) in [6.45, 7) is 0. The molecule has 3 heteroatoms. The largest absolute Gasteiger partial charge is 1.00 e. The molecule has 2 rings (SSSR count). The number of benzene rings is 1. The fraction of sp³-hybridized carbons (Fsp3) is 0.0714. The topological polar surface area (TPSA) is 15.9 Å². The van der Waals surface area contributed by atoms with Crippen LogP contribution in [0, 0.1) is 0 Å². The maximum absolute atomic E-state index is 3.22. The van der Waals surface area contributed by atoms with Crippen molar-refractivity contribution in [3.05, 3.63) is 66.6 Å². The zero-order chi connectivity index (χ0) is 11.2. The summed E-state index contributed by atoms with van der Waals surface area (Å²) in [7, 11) is 2.01. The number of anilines is 1. The SMILES string of the molecule is C[n+]1ccc(/C=C\Nc2ccccc2)cc1.[I-]. The van der Waals surface area contributed by atoms with E-state index in [0.29, 0.717) is 0 Å². The van der Waals surface area contributed by atoms with Crippen molar-refractivity contribution in [2.24, 2.45) is 7.05 Å². The average Bonchev–Trinajstić information content (AvgIpc) is 2.33. The van der Waals surface area contributed by atoms with E-state index in [1.807, 2.05) is 66.6 Å². The van der Waals surface area contributed by atoms with Crippen molar-refractivity contribution in [3.8, 4) is 0 Å². The molecule has 1 N–H and O–H groups in total. The Labute approximate surface area is 119 Å². The summed E-state index contributed by atoms with van der Waals surface area (Å²) in [4.78, 5) is 0. The molecule has 0 aliphatic rings. The Bertz CT molecular complexity index is 463. The fourth-order valence-electron chi connectivity index (χ4n) is 1.39.